The maximum Gasteiger partial charge on any atom is 0.339 e. The van der Waals surface area contributed by atoms with Crippen molar-refractivity contribution in [3.63, 3.8) is 0 Å². The number of hydrogen-bond donors (Lipinski definition) is 4. The fourth-order valence-electron chi connectivity index (χ4n) is 5.07. The van der Waals surface area contributed by atoms with Crippen LogP contribution >= 0.6 is 15.2 Å². The van der Waals surface area contributed by atoms with E-state index in [4.69, 9.17) is 18.9 Å². The number of nitrogens with zero attached hydrogens (tertiary/aromatic N) is 2. The van der Waals surface area contributed by atoms with Gasteiger partial charge in [-0.15, -0.1) is 0 Å². The third-order valence-electron chi connectivity index (χ3n) is 6.91. The van der Waals surface area contributed by atoms with Gasteiger partial charge in [-0.1, -0.05) is 36.4 Å². The molecule has 0 saturated heterocycles. The van der Waals surface area contributed by atoms with Gasteiger partial charge in [0.05, 0.1) is 26.1 Å². The summed E-state index contributed by atoms with van der Waals surface area (Å²) in [6.45, 7) is 6.87. The molecule has 0 amide bonds. The summed E-state index contributed by atoms with van der Waals surface area (Å²) >= 11 is 0. The molecule has 0 radical (unpaired) electrons. The van der Waals surface area contributed by atoms with Crippen molar-refractivity contribution >= 4 is 15.2 Å². The van der Waals surface area contributed by atoms with E-state index in [1.165, 1.54) is 9.80 Å². The lowest BCUT2D eigenvalue weighted by atomic mass is 10.1. The molecule has 2 aromatic rings. The fourth-order valence-corrected chi connectivity index (χ4v) is 6.60. The first kappa shape index (κ1) is 33.0. The summed E-state index contributed by atoms with van der Waals surface area (Å²) in [5.74, 6) is -0.779. The summed E-state index contributed by atoms with van der Waals surface area (Å²) in [7, 11) is -9.45. The Morgan fingerprint density at radius 3 is 1.81 bits per heavy atom. The van der Waals surface area contributed by atoms with Crippen molar-refractivity contribution in [2.24, 2.45) is 0 Å². The minimum Gasteiger partial charge on any atom is -0.778 e. The van der Waals surface area contributed by atoms with Crippen LogP contribution in [0, 0.1) is 0 Å². The van der Waals surface area contributed by atoms with E-state index in [1.807, 2.05) is 12.1 Å². The van der Waals surface area contributed by atoms with Gasteiger partial charge in [-0.25, -0.2) is 0 Å². The molecule has 0 bridgehead atoms. The molecule has 2 unspecified atom stereocenters. The van der Waals surface area contributed by atoms with Gasteiger partial charge in [-0.05, 0) is 0 Å². The Morgan fingerprint density at radius 1 is 0.857 bits per heavy atom. The van der Waals surface area contributed by atoms with Crippen LogP contribution in [-0.4, -0.2) is 72.9 Å². The van der Waals surface area contributed by atoms with Crippen LogP contribution in [0.15, 0.2) is 36.4 Å². The van der Waals surface area contributed by atoms with Crippen LogP contribution < -0.4 is 14.4 Å². The number of benzene rings is 2. The van der Waals surface area contributed by atoms with Gasteiger partial charge in [0.2, 0.25) is 11.6 Å². The highest BCUT2D eigenvalue weighted by Gasteiger charge is 2.33. The topological polar surface area (TPSA) is 182 Å². The molecule has 0 saturated carbocycles. The third-order valence-corrected chi connectivity index (χ3v) is 8.40. The van der Waals surface area contributed by atoms with E-state index in [2.05, 4.69) is 0 Å². The highest BCUT2D eigenvalue weighted by molar-refractivity contribution is 7.51. The number of rotatable bonds is 12. The average molecular weight is 630 g/mol. The van der Waals surface area contributed by atoms with Crippen molar-refractivity contribution < 1.29 is 52.8 Å². The lowest BCUT2D eigenvalue weighted by molar-refractivity contribution is -0.196. The van der Waals surface area contributed by atoms with Crippen molar-refractivity contribution in [2.45, 2.75) is 71.6 Å². The molecule has 2 aliphatic rings. The first-order valence-electron chi connectivity index (χ1n) is 13.5. The molecule has 2 aliphatic heterocycles. The van der Waals surface area contributed by atoms with Crippen molar-refractivity contribution in [2.75, 3.05) is 25.7 Å². The van der Waals surface area contributed by atoms with E-state index in [0.717, 1.165) is 11.1 Å². The summed E-state index contributed by atoms with van der Waals surface area (Å²) in [6.07, 6.45) is -1.47. The summed E-state index contributed by atoms with van der Waals surface area (Å²) in [6, 6.07) is 9.79. The number of fused-ring (bicyclic) bond motifs is 2. The van der Waals surface area contributed by atoms with E-state index in [9.17, 15) is 33.8 Å². The van der Waals surface area contributed by atoms with E-state index in [0.29, 0.717) is 29.2 Å². The van der Waals surface area contributed by atoms with Crippen LogP contribution in [0.5, 0.6) is 11.5 Å². The van der Waals surface area contributed by atoms with Crippen molar-refractivity contribution in [3.05, 3.63) is 58.7 Å². The lowest BCUT2D eigenvalue weighted by Crippen LogP contribution is -2.47. The molecule has 2 atom stereocenters. The number of para-hydroxylation sites is 2. The zero-order valence-corrected chi connectivity index (χ0v) is 25.9. The smallest absolute Gasteiger partial charge is 0.339 e. The first-order chi connectivity index (χ1) is 19.4. The monoisotopic (exact) mass is 629 g/mol. The predicted octanol–water partition coefficient (Wildman–Crippen LogP) is 2.28. The quantitative estimate of drug-likeness (QED) is 0.251. The molecule has 15 heteroatoms. The summed E-state index contributed by atoms with van der Waals surface area (Å²) in [5, 5.41) is 10.4. The lowest BCUT2D eigenvalue weighted by Gasteiger charge is -2.39. The molecule has 2 aromatic carbocycles. The number of aliphatic hydroxyl groups is 1. The van der Waals surface area contributed by atoms with Gasteiger partial charge >= 0.3 is 7.60 Å². The standard InChI is InChI=1S/C27H40N2O11P2/c1-26(2)37-15-21-9-5-7-19(24(21)39-26)11-28(17-41(31,32)33)13-23(14-30)29(18-42(34,35)36)12-20-8-6-10-22-16-38-27(3,4)40-25(20)22/h5-10,23,30H,11-18H2,1-4H3,(H2,31,32,33)(H2,34,35,36)/p-1. The molecule has 234 valence electrons. The number of ether oxygens (including phenoxy) is 4. The molecule has 0 spiro atoms. The van der Waals surface area contributed by atoms with Crippen LogP contribution in [0.1, 0.15) is 49.9 Å². The predicted molar refractivity (Wildman–Crippen MR) is 150 cm³/mol. The second-order valence-corrected chi connectivity index (χ2v) is 14.7. The summed E-state index contributed by atoms with van der Waals surface area (Å²) in [5.41, 5.74) is 2.78. The molecule has 0 aromatic heterocycles. The Labute approximate surface area is 245 Å². The third kappa shape index (κ3) is 9.07. The largest absolute Gasteiger partial charge is 0.778 e. The average Bonchev–Trinajstić information content (AvgIpc) is 2.85. The van der Waals surface area contributed by atoms with Crippen molar-refractivity contribution in [1.29, 1.82) is 0 Å². The van der Waals surface area contributed by atoms with Crippen LogP contribution in [0.3, 0.4) is 0 Å². The maximum atomic E-state index is 12.2. The van der Waals surface area contributed by atoms with Crippen LogP contribution in [0.4, 0.5) is 0 Å². The van der Waals surface area contributed by atoms with Gasteiger partial charge in [0.1, 0.15) is 25.4 Å². The Bertz CT molecular complexity index is 1360. The minimum absolute atomic E-state index is 0.0260. The first-order valence-corrected chi connectivity index (χ1v) is 17.0. The molecule has 0 aliphatic carbocycles. The van der Waals surface area contributed by atoms with Gasteiger partial charge in [0.15, 0.2) is 0 Å². The minimum atomic E-state index is -4.87. The number of hydrogen-bond acceptors (Lipinski definition) is 10. The highest BCUT2D eigenvalue weighted by atomic mass is 31.2. The number of aliphatic hydroxyl groups excluding tert-OH is 1. The molecule has 4 rings (SSSR count). The second kappa shape index (κ2) is 12.6. The van der Waals surface area contributed by atoms with Crippen LogP contribution in [-0.2, 0) is 44.9 Å². The van der Waals surface area contributed by atoms with Crippen molar-refractivity contribution in [3.8, 4) is 11.5 Å². The molecule has 13 nitrogen and oxygen atoms in total. The van der Waals surface area contributed by atoms with Gasteiger partial charge in [0.25, 0.3) is 0 Å². The SMILES string of the molecule is CC1(C)OCc2cccc(CN(CC(CO)N(Cc3cccc4c3OC(C)(C)OC4)CP(=O)([O-])O)CP(=O)(O)O)c2O1. The fraction of sp³-hybridized carbons (Fsp3) is 0.556. The highest BCUT2D eigenvalue weighted by Crippen LogP contribution is 2.40. The Kier molecular flexibility index (Phi) is 9.94. The molecule has 2 heterocycles. The zero-order valence-electron chi connectivity index (χ0n) is 24.1. The molecular formula is C27H39N2O11P2-. The van der Waals surface area contributed by atoms with E-state index in [-0.39, 0.29) is 26.2 Å². The zero-order chi connectivity index (χ0) is 30.9. The molecule has 0 fully saturated rings. The Balaban J connectivity index is 1.64. The van der Waals surface area contributed by atoms with Crippen LogP contribution in [0.2, 0.25) is 0 Å². The van der Waals surface area contributed by atoms with Gasteiger partial charge in [-0.3, -0.25) is 14.4 Å². The van der Waals surface area contributed by atoms with Crippen LogP contribution in [0.25, 0.3) is 0 Å². The Morgan fingerprint density at radius 2 is 1.36 bits per heavy atom. The summed E-state index contributed by atoms with van der Waals surface area (Å²) < 4.78 is 47.8. The maximum absolute atomic E-state index is 12.2. The van der Waals surface area contributed by atoms with E-state index in [1.54, 1.807) is 52.0 Å². The van der Waals surface area contributed by atoms with Crippen molar-refractivity contribution in [1.82, 2.24) is 9.80 Å². The van der Waals surface area contributed by atoms with Gasteiger partial charge in [-0.2, -0.15) is 0 Å². The normalized spacial score (nSPS) is 19.8. The van der Waals surface area contributed by atoms with Gasteiger partial charge < -0.3 is 48.2 Å². The van der Waals surface area contributed by atoms with E-state index < -0.39 is 52.0 Å². The molecule has 4 N–H and O–H groups in total. The van der Waals surface area contributed by atoms with Gasteiger partial charge in [0, 0.05) is 75.6 Å². The second-order valence-electron chi connectivity index (χ2n) is 11.6. The Hall–Kier alpha value is -1.86. The van der Waals surface area contributed by atoms with E-state index >= 15 is 0 Å². The molecule has 42 heavy (non-hydrogen) atoms. The summed E-state index contributed by atoms with van der Waals surface area (Å²) in [4.78, 5) is 44.5. The molecular weight excluding hydrogens is 590 g/mol.